The maximum absolute atomic E-state index is 12.1. The first-order valence-corrected chi connectivity index (χ1v) is 7.95. The van der Waals surface area contributed by atoms with Crippen LogP contribution < -0.4 is 4.74 Å². The minimum atomic E-state index is -0.941. The van der Waals surface area contributed by atoms with Crippen molar-refractivity contribution in [2.45, 2.75) is 26.3 Å². The number of nitrogens with zero attached hydrogens (tertiary/aromatic N) is 1. The molecule has 1 heterocycles. The predicted octanol–water partition coefficient (Wildman–Crippen LogP) is 2.06. The smallest absolute Gasteiger partial charge is 0.327 e. The van der Waals surface area contributed by atoms with E-state index in [2.05, 4.69) is 0 Å². The summed E-state index contributed by atoms with van der Waals surface area (Å²) in [5.74, 6) is 0.594. The van der Waals surface area contributed by atoms with Gasteiger partial charge in [0.05, 0.1) is 18.9 Å². The van der Waals surface area contributed by atoms with Gasteiger partial charge in [-0.2, -0.15) is 0 Å². The van der Waals surface area contributed by atoms with Crippen LogP contribution >= 0.6 is 11.8 Å². The van der Waals surface area contributed by atoms with Crippen molar-refractivity contribution in [3.8, 4) is 5.75 Å². The van der Waals surface area contributed by atoms with E-state index in [1.165, 1.54) is 16.7 Å². The quantitative estimate of drug-likeness (QED) is 0.902. The molecule has 0 aromatic heterocycles. The Balaban J connectivity index is 1.89. The summed E-state index contributed by atoms with van der Waals surface area (Å²) < 4.78 is 5.69. The van der Waals surface area contributed by atoms with Gasteiger partial charge in [-0.3, -0.25) is 4.79 Å². The second-order valence-corrected chi connectivity index (χ2v) is 6.04. The lowest BCUT2D eigenvalue weighted by molar-refractivity contribution is -0.147. The zero-order chi connectivity index (χ0) is 15.4. The largest absolute Gasteiger partial charge is 0.493 e. The molecule has 0 spiro atoms. The van der Waals surface area contributed by atoms with E-state index in [0.29, 0.717) is 11.6 Å². The normalized spacial score (nSPS) is 17.8. The highest BCUT2D eigenvalue weighted by Gasteiger charge is 2.34. The molecular weight excluding hydrogens is 290 g/mol. The molecule has 0 aliphatic carbocycles. The molecule has 1 atom stereocenters. The van der Waals surface area contributed by atoms with Crippen molar-refractivity contribution in [3.05, 3.63) is 29.3 Å². The van der Waals surface area contributed by atoms with Crippen LogP contribution in [-0.4, -0.2) is 46.2 Å². The molecule has 1 aromatic carbocycles. The highest BCUT2D eigenvalue weighted by molar-refractivity contribution is 7.99. The molecule has 1 aliphatic heterocycles. The number of carboxylic acid groups (broad SMARTS) is 1. The summed E-state index contributed by atoms with van der Waals surface area (Å²) in [6.45, 7) is 4.18. The number of carbonyl (C=O) groups is 2. The van der Waals surface area contributed by atoms with Gasteiger partial charge in [0.1, 0.15) is 11.8 Å². The fraction of sp³-hybridized carbons (Fsp3) is 0.467. The Labute approximate surface area is 128 Å². The third-order valence-corrected chi connectivity index (χ3v) is 4.47. The number of carbonyl (C=O) groups excluding carboxylic acids is 1. The Morgan fingerprint density at radius 3 is 2.67 bits per heavy atom. The van der Waals surface area contributed by atoms with E-state index in [1.54, 1.807) is 0 Å². The van der Waals surface area contributed by atoms with Gasteiger partial charge in [0, 0.05) is 5.75 Å². The summed E-state index contributed by atoms with van der Waals surface area (Å²) >= 11 is 1.47. The molecule has 0 saturated carbocycles. The number of thioether (sulfide) groups is 1. The highest BCUT2D eigenvalue weighted by Crippen LogP contribution is 2.24. The summed E-state index contributed by atoms with van der Waals surface area (Å²) in [6, 6.07) is 5.17. The van der Waals surface area contributed by atoms with Gasteiger partial charge in [-0.15, -0.1) is 11.8 Å². The average Bonchev–Trinajstić information content (AvgIpc) is 2.91. The standard InChI is InChI=1S/C15H19NO4S/c1-10-4-3-5-11(2)14(10)20-7-6-13(17)16-9-21-8-12(16)15(18)19/h3-5,12H,6-9H2,1-2H3,(H,18,19). The van der Waals surface area contributed by atoms with E-state index >= 15 is 0 Å². The first-order valence-electron chi connectivity index (χ1n) is 6.79. The van der Waals surface area contributed by atoms with Crippen LogP contribution in [0.5, 0.6) is 5.75 Å². The minimum Gasteiger partial charge on any atom is -0.493 e. The molecule has 1 aliphatic rings. The van der Waals surface area contributed by atoms with Gasteiger partial charge >= 0.3 is 5.97 Å². The predicted molar refractivity (Wildman–Crippen MR) is 81.6 cm³/mol. The van der Waals surface area contributed by atoms with Gasteiger partial charge in [-0.25, -0.2) is 4.79 Å². The molecule has 0 radical (unpaired) electrons. The van der Waals surface area contributed by atoms with E-state index in [4.69, 9.17) is 9.84 Å². The van der Waals surface area contributed by atoms with Crippen LogP contribution in [0, 0.1) is 13.8 Å². The number of amides is 1. The summed E-state index contributed by atoms with van der Waals surface area (Å²) in [4.78, 5) is 24.6. The topological polar surface area (TPSA) is 66.8 Å². The number of aliphatic carboxylic acids is 1. The average molecular weight is 309 g/mol. The SMILES string of the molecule is Cc1cccc(C)c1OCCC(=O)N1CSCC1C(=O)O. The van der Waals surface area contributed by atoms with Crippen molar-refractivity contribution in [2.75, 3.05) is 18.2 Å². The van der Waals surface area contributed by atoms with Crippen molar-refractivity contribution in [3.63, 3.8) is 0 Å². The van der Waals surface area contributed by atoms with E-state index in [1.807, 2.05) is 32.0 Å². The molecule has 0 bridgehead atoms. The van der Waals surface area contributed by atoms with Gasteiger partial charge in [0.25, 0.3) is 0 Å². The zero-order valence-electron chi connectivity index (χ0n) is 12.2. The lowest BCUT2D eigenvalue weighted by Gasteiger charge is -2.20. The molecule has 114 valence electrons. The van der Waals surface area contributed by atoms with E-state index in [0.717, 1.165) is 16.9 Å². The van der Waals surface area contributed by atoms with Gasteiger partial charge < -0.3 is 14.7 Å². The second-order valence-electron chi connectivity index (χ2n) is 5.04. The Morgan fingerprint density at radius 2 is 2.05 bits per heavy atom. The summed E-state index contributed by atoms with van der Waals surface area (Å²) in [5.41, 5.74) is 2.06. The van der Waals surface area contributed by atoms with Gasteiger partial charge in [0.15, 0.2) is 0 Å². The van der Waals surface area contributed by atoms with E-state index in [9.17, 15) is 9.59 Å². The van der Waals surface area contributed by atoms with E-state index < -0.39 is 12.0 Å². The van der Waals surface area contributed by atoms with Crippen LogP contribution in [0.3, 0.4) is 0 Å². The molecule has 1 aromatic rings. The number of rotatable bonds is 5. The van der Waals surface area contributed by atoms with Crippen LogP contribution in [0.1, 0.15) is 17.5 Å². The number of hydrogen-bond acceptors (Lipinski definition) is 4. The zero-order valence-corrected chi connectivity index (χ0v) is 13.0. The maximum atomic E-state index is 12.1. The van der Waals surface area contributed by atoms with Crippen molar-refractivity contribution in [2.24, 2.45) is 0 Å². The molecule has 2 rings (SSSR count). The Morgan fingerprint density at radius 1 is 1.38 bits per heavy atom. The van der Waals surface area contributed by atoms with Crippen LogP contribution in [0.15, 0.2) is 18.2 Å². The fourth-order valence-electron chi connectivity index (χ4n) is 2.30. The van der Waals surface area contributed by atoms with Crippen LogP contribution in [0.25, 0.3) is 0 Å². The number of benzene rings is 1. The maximum Gasteiger partial charge on any atom is 0.327 e. The highest BCUT2D eigenvalue weighted by atomic mass is 32.2. The molecule has 1 amide bonds. The van der Waals surface area contributed by atoms with Crippen molar-refractivity contribution >= 4 is 23.6 Å². The third kappa shape index (κ3) is 3.69. The fourth-order valence-corrected chi connectivity index (χ4v) is 3.48. The van der Waals surface area contributed by atoms with Gasteiger partial charge in [0.2, 0.25) is 5.91 Å². The number of ether oxygens (including phenoxy) is 1. The number of carboxylic acids is 1. The first kappa shape index (κ1) is 15.7. The van der Waals surface area contributed by atoms with Crippen LogP contribution in [0.4, 0.5) is 0 Å². The lowest BCUT2D eigenvalue weighted by atomic mass is 10.1. The summed E-state index contributed by atoms with van der Waals surface area (Å²) in [5, 5.41) is 9.07. The van der Waals surface area contributed by atoms with Crippen molar-refractivity contribution < 1.29 is 19.4 Å². The molecule has 6 heteroatoms. The van der Waals surface area contributed by atoms with Crippen molar-refractivity contribution in [1.29, 1.82) is 0 Å². The molecule has 1 N–H and O–H groups in total. The van der Waals surface area contributed by atoms with Crippen LogP contribution in [-0.2, 0) is 9.59 Å². The second kappa shape index (κ2) is 6.85. The molecule has 5 nitrogen and oxygen atoms in total. The van der Waals surface area contributed by atoms with E-state index in [-0.39, 0.29) is 18.9 Å². The molecule has 1 saturated heterocycles. The first-order chi connectivity index (χ1) is 10.0. The Bertz CT molecular complexity index is 526. The van der Waals surface area contributed by atoms with Crippen LogP contribution in [0.2, 0.25) is 0 Å². The van der Waals surface area contributed by atoms with Gasteiger partial charge in [-0.1, -0.05) is 18.2 Å². The number of hydrogen-bond donors (Lipinski definition) is 1. The minimum absolute atomic E-state index is 0.168. The Hall–Kier alpha value is -1.69. The number of para-hydroxylation sites is 1. The molecular formula is C15H19NO4S. The summed E-state index contributed by atoms with van der Waals surface area (Å²) in [7, 11) is 0. The monoisotopic (exact) mass is 309 g/mol. The number of aryl methyl sites for hydroxylation is 2. The molecule has 1 unspecified atom stereocenters. The lowest BCUT2D eigenvalue weighted by Crippen LogP contribution is -2.42. The van der Waals surface area contributed by atoms with Crippen molar-refractivity contribution in [1.82, 2.24) is 4.90 Å². The third-order valence-electron chi connectivity index (χ3n) is 3.46. The molecule has 1 fully saturated rings. The Kier molecular flexibility index (Phi) is 5.12. The summed E-state index contributed by atoms with van der Waals surface area (Å²) in [6.07, 6.45) is 0.193. The van der Waals surface area contributed by atoms with Gasteiger partial charge in [-0.05, 0) is 25.0 Å². The molecule has 21 heavy (non-hydrogen) atoms.